The number of hydrogen-bond donors (Lipinski definition) is 0. The average Bonchev–Trinajstić information content (AvgIpc) is 2.80. The van der Waals surface area contributed by atoms with Crippen molar-refractivity contribution in [3.8, 4) is 0 Å². The number of fused-ring (bicyclic) bond motifs is 2. The van der Waals surface area contributed by atoms with Crippen LogP contribution >= 0.6 is 39.1 Å². The first-order chi connectivity index (χ1) is 15.4. The van der Waals surface area contributed by atoms with Gasteiger partial charge in [-0.25, -0.2) is 0 Å². The second kappa shape index (κ2) is 10.3. The SMILES string of the molecule is O=C1CCc2ccc(Cl)c(Br)c2C1.O=C1CCc2ccc(Cl)c(Cc3ccccc3)c2C1. The van der Waals surface area contributed by atoms with Crippen LogP contribution in [-0.2, 0) is 41.7 Å². The topological polar surface area (TPSA) is 34.1 Å². The molecule has 2 aliphatic carbocycles. The van der Waals surface area contributed by atoms with Crippen molar-refractivity contribution in [2.75, 3.05) is 0 Å². The Morgan fingerprint density at radius 3 is 1.91 bits per heavy atom. The fourth-order valence-electron chi connectivity index (χ4n) is 4.34. The van der Waals surface area contributed by atoms with Gasteiger partial charge in [0.2, 0.25) is 0 Å². The molecule has 0 bridgehead atoms. The van der Waals surface area contributed by atoms with E-state index in [1.165, 1.54) is 16.7 Å². The molecule has 0 heterocycles. The Kier molecular flexibility index (Phi) is 7.50. The third kappa shape index (κ3) is 5.33. The molecule has 5 rings (SSSR count). The van der Waals surface area contributed by atoms with Crippen LogP contribution in [-0.4, -0.2) is 11.6 Å². The van der Waals surface area contributed by atoms with E-state index in [0.29, 0.717) is 42.3 Å². The lowest BCUT2D eigenvalue weighted by molar-refractivity contribution is -0.119. The maximum Gasteiger partial charge on any atom is 0.137 e. The second-order valence-corrected chi connectivity index (χ2v) is 9.86. The van der Waals surface area contributed by atoms with Gasteiger partial charge < -0.3 is 0 Å². The monoisotopic (exact) mass is 528 g/mol. The molecule has 0 saturated heterocycles. The Labute approximate surface area is 207 Å². The molecule has 0 spiro atoms. The summed E-state index contributed by atoms with van der Waals surface area (Å²) >= 11 is 15.7. The molecule has 0 unspecified atom stereocenters. The van der Waals surface area contributed by atoms with Crippen molar-refractivity contribution in [1.29, 1.82) is 0 Å². The predicted molar refractivity (Wildman–Crippen MR) is 134 cm³/mol. The van der Waals surface area contributed by atoms with Crippen LogP contribution in [0, 0.1) is 0 Å². The number of aryl methyl sites for hydroxylation is 2. The van der Waals surface area contributed by atoms with E-state index in [2.05, 4.69) is 34.1 Å². The number of carbonyl (C=O) groups is 2. The van der Waals surface area contributed by atoms with Gasteiger partial charge in [-0.15, -0.1) is 0 Å². The summed E-state index contributed by atoms with van der Waals surface area (Å²) in [5.74, 6) is 0.625. The van der Waals surface area contributed by atoms with Gasteiger partial charge in [-0.2, -0.15) is 0 Å². The van der Waals surface area contributed by atoms with Crippen molar-refractivity contribution in [2.24, 2.45) is 0 Å². The Hall–Kier alpha value is -1.94. The molecule has 3 aromatic carbocycles. The minimum absolute atomic E-state index is 0.301. The third-order valence-electron chi connectivity index (χ3n) is 6.08. The van der Waals surface area contributed by atoms with E-state index in [9.17, 15) is 9.59 Å². The quantitative estimate of drug-likeness (QED) is 0.353. The number of carbonyl (C=O) groups excluding carboxylic acids is 2. The van der Waals surface area contributed by atoms with E-state index < -0.39 is 0 Å². The van der Waals surface area contributed by atoms with E-state index in [4.69, 9.17) is 23.2 Å². The van der Waals surface area contributed by atoms with Crippen molar-refractivity contribution < 1.29 is 9.59 Å². The van der Waals surface area contributed by atoms with E-state index >= 15 is 0 Å². The molecule has 0 radical (unpaired) electrons. The molecule has 164 valence electrons. The zero-order chi connectivity index (χ0) is 22.7. The van der Waals surface area contributed by atoms with E-state index in [0.717, 1.165) is 45.4 Å². The lowest BCUT2D eigenvalue weighted by Gasteiger charge is -2.20. The Bertz CT molecular complexity index is 1170. The first-order valence-corrected chi connectivity index (χ1v) is 12.3. The number of benzene rings is 3. The molecule has 0 amide bonds. The molecule has 0 atom stereocenters. The van der Waals surface area contributed by atoms with Gasteiger partial charge >= 0.3 is 0 Å². The fraction of sp³-hybridized carbons (Fsp3) is 0.259. The summed E-state index contributed by atoms with van der Waals surface area (Å²) in [7, 11) is 0. The smallest absolute Gasteiger partial charge is 0.137 e. The second-order valence-electron chi connectivity index (χ2n) is 8.26. The minimum atomic E-state index is 0.301. The summed E-state index contributed by atoms with van der Waals surface area (Å²) < 4.78 is 0.889. The van der Waals surface area contributed by atoms with Crippen molar-refractivity contribution >= 4 is 50.7 Å². The summed E-state index contributed by atoms with van der Waals surface area (Å²) in [6, 6.07) is 18.2. The Balaban J connectivity index is 0.000000165. The van der Waals surface area contributed by atoms with Gasteiger partial charge in [0.15, 0.2) is 0 Å². The molecule has 3 aromatic rings. The van der Waals surface area contributed by atoms with Crippen molar-refractivity contribution in [2.45, 2.75) is 44.9 Å². The largest absolute Gasteiger partial charge is 0.299 e. The number of ketones is 2. The molecule has 0 fully saturated rings. The Morgan fingerprint density at radius 2 is 1.25 bits per heavy atom. The average molecular weight is 530 g/mol. The van der Waals surface area contributed by atoms with Crippen molar-refractivity contribution in [3.63, 3.8) is 0 Å². The highest BCUT2D eigenvalue weighted by Crippen LogP contribution is 2.33. The highest BCUT2D eigenvalue weighted by atomic mass is 79.9. The van der Waals surface area contributed by atoms with E-state index in [1.807, 2.05) is 36.4 Å². The van der Waals surface area contributed by atoms with E-state index in [-0.39, 0.29) is 0 Å². The molecule has 0 aromatic heterocycles. The van der Waals surface area contributed by atoms with Crippen LogP contribution in [0.1, 0.15) is 46.2 Å². The summed E-state index contributed by atoms with van der Waals surface area (Å²) in [5, 5.41) is 1.46. The molecule has 32 heavy (non-hydrogen) atoms. The zero-order valence-electron chi connectivity index (χ0n) is 17.6. The first kappa shape index (κ1) is 23.2. The lowest BCUT2D eigenvalue weighted by atomic mass is 9.85. The molecule has 5 heteroatoms. The van der Waals surface area contributed by atoms with Crippen LogP contribution in [0.3, 0.4) is 0 Å². The van der Waals surface area contributed by atoms with Crippen LogP contribution in [0.5, 0.6) is 0 Å². The number of Topliss-reactive ketones (excluding diaryl/α,β-unsaturated/α-hetero) is 2. The number of hydrogen-bond acceptors (Lipinski definition) is 2. The van der Waals surface area contributed by atoms with Gasteiger partial charge in [0.05, 0.1) is 5.02 Å². The summed E-state index contributed by atoms with van der Waals surface area (Å²) in [4.78, 5) is 22.9. The van der Waals surface area contributed by atoms with Gasteiger partial charge in [-0.3, -0.25) is 9.59 Å². The zero-order valence-corrected chi connectivity index (χ0v) is 20.7. The van der Waals surface area contributed by atoms with Gasteiger partial charge in [-0.05, 0) is 80.7 Å². The highest BCUT2D eigenvalue weighted by molar-refractivity contribution is 9.10. The molecular weight excluding hydrogens is 507 g/mol. The third-order valence-corrected chi connectivity index (χ3v) is 7.89. The molecular formula is C27H23BrCl2O2. The van der Waals surface area contributed by atoms with Crippen molar-refractivity contribution in [1.82, 2.24) is 0 Å². The molecule has 2 aliphatic rings. The predicted octanol–water partition coefficient (Wildman–Crippen LogP) is 7.15. The number of halogens is 3. The van der Waals surface area contributed by atoms with Gasteiger partial charge in [0.1, 0.15) is 11.6 Å². The molecule has 0 N–H and O–H groups in total. The number of rotatable bonds is 2. The normalized spacial score (nSPS) is 14.8. The molecule has 2 nitrogen and oxygen atoms in total. The summed E-state index contributed by atoms with van der Waals surface area (Å²) in [6.07, 6.45) is 4.90. The van der Waals surface area contributed by atoms with Gasteiger partial charge in [0.25, 0.3) is 0 Å². The van der Waals surface area contributed by atoms with Gasteiger partial charge in [-0.1, -0.05) is 65.7 Å². The standard InChI is InChI=1S/C17H15ClO.C10H8BrClO/c18-17-9-7-13-6-8-14(19)11-15(13)16(17)10-12-4-2-1-3-5-12;11-10-8-5-7(13)3-1-6(8)2-4-9(10)12/h1-5,7,9H,6,8,10-11H2;2,4H,1,3,5H2. The highest BCUT2D eigenvalue weighted by Gasteiger charge is 2.21. The molecule has 0 aliphatic heterocycles. The van der Waals surface area contributed by atoms with Crippen LogP contribution < -0.4 is 0 Å². The maximum absolute atomic E-state index is 11.7. The van der Waals surface area contributed by atoms with Crippen molar-refractivity contribution in [3.05, 3.63) is 102 Å². The summed E-state index contributed by atoms with van der Waals surface area (Å²) in [5.41, 5.74) is 7.12. The van der Waals surface area contributed by atoms with Crippen LogP contribution in [0.4, 0.5) is 0 Å². The maximum atomic E-state index is 11.7. The van der Waals surface area contributed by atoms with Gasteiger partial charge in [0, 0.05) is 35.2 Å². The van der Waals surface area contributed by atoms with Crippen LogP contribution in [0.25, 0.3) is 0 Å². The fourth-order valence-corrected chi connectivity index (χ4v) is 5.28. The Morgan fingerprint density at radius 1 is 0.688 bits per heavy atom. The van der Waals surface area contributed by atoms with Crippen LogP contribution in [0.15, 0.2) is 59.1 Å². The van der Waals surface area contributed by atoms with Crippen LogP contribution in [0.2, 0.25) is 10.0 Å². The lowest BCUT2D eigenvalue weighted by Crippen LogP contribution is -2.15. The first-order valence-electron chi connectivity index (χ1n) is 10.7. The minimum Gasteiger partial charge on any atom is -0.299 e. The summed E-state index contributed by atoms with van der Waals surface area (Å²) in [6.45, 7) is 0. The molecule has 0 saturated carbocycles. The van der Waals surface area contributed by atoms with E-state index in [1.54, 1.807) is 0 Å².